The molecule has 9 heteroatoms. The average molecular weight is 414 g/mol. The summed E-state index contributed by atoms with van der Waals surface area (Å²) in [5.41, 5.74) is 6.46. The summed E-state index contributed by atoms with van der Waals surface area (Å²) in [6, 6.07) is 10.8. The Balaban J connectivity index is 1.70. The van der Waals surface area contributed by atoms with E-state index in [9.17, 15) is 13.2 Å². The fourth-order valence-electron chi connectivity index (χ4n) is 2.75. The monoisotopic (exact) mass is 413 g/mol. The number of nitrogen functional groups attached to an aromatic ring is 1. The third-order valence-electron chi connectivity index (χ3n) is 4.21. The van der Waals surface area contributed by atoms with Crippen LogP contribution in [0.5, 0.6) is 0 Å². The molecule has 3 rings (SSSR count). The van der Waals surface area contributed by atoms with Gasteiger partial charge in [0.25, 0.3) is 5.91 Å². The SMILES string of the molecule is Nc1ccc(S(=O)(=O)N2CCN(C(=O)c3ccc(Cl)cc3Cl)CC2)cc1. The van der Waals surface area contributed by atoms with Crippen molar-refractivity contribution in [2.45, 2.75) is 4.90 Å². The lowest BCUT2D eigenvalue weighted by atomic mass is 10.2. The molecule has 2 N–H and O–H groups in total. The number of anilines is 1. The zero-order valence-electron chi connectivity index (χ0n) is 13.7. The van der Waals surface area contributed by atoms with Gasteiger partial charge in [-0.05, 0) is 42.5 Å². The van der Waals surface area contributed by atoms with Crippen LogP contribution in [0.4, 0.5) is 5.69 Å². The highest BCUT2D eigenvalue weighted by molar-refractivity contribution is 7.89. The number of hydrogen-bond acceptors (Lipinski definition) is 4. The number of piperazine rings is 1. The Morgan fingerprint density at radius 1 is 0.962 bits per heavy atom. The van der Waals surface area contributed by atoms with E-state index >= 15 is 0 Å². The van der Waals surface area contributed by atoms with E-state index < -0.39 is 10.0 Å². The van der Waals surface area contributed by atoms with Gasteiger partial charge in [0.05, 0.1) is 15.5 Å². The Morgan fingerprint density at radius 2 is 1.58 bits per heavy atom. The van der Waals surface area contributed by atoms with Crippen LogP contribution in [0.15, 0.2) is 47.4 Å². The smallest absolute Gasteiger partial charge is 0.255 e. The van der Waals surface area contributed by atoms with Gasteiger partial charge in [0.2, 0.25) is 10.0 Å². The number of nitrogens with zero attached hydrogens (tertiary/aromatic N) is 2. The van der Waals surface area contributed by atoms with E-state index in [0.29, 0.717) is 16.3 Å². The minimum absolute atomic E-state index is 0.187. The predicted molar refractivity (Wildman–Crippen MR) is 102 cm³/mol. The van der Waals surface area contributed by atoms with Crippen molar-refractivity contribution in [2.75, 3.05) is 31.9 Å². The molecule has 0 atom stereocenters. The van der Waals surface area contributed by atoms with E-state index in [1.165, 1.54) is 22.5 Å². The quantitative estimate of drug-likeness (QED) is 0.783. The molecule has 0 aromatic heterocycles. The molecular formula is C17H17Cl2N3O3S. The van der Waals surface area contributed by atoms with Crippen LogP contribution in [0.3, 0.4) is 0 Å². The molecule has 1 aliphatic heterocycles. The minimum atomic E-state index is -3.61. The first-order valence-corrected chi connectivity index (χ1v) is 10.1. The molecule has 2 aromatic rings. The first-order valence-electron chi connectivity index (χ1n) is 7.89. The summed E-state index contributed by atoms with van der Waals surface area (Å²) < 4.78 is 26.7. The number of benzene rings is 2. The van der Waals surface area contributed by atoms with Crippen molar-refractivity contribution < 1.29 is 13.2 Å². The standard InChI is InChI=1S/C17H17Cl2N3O3S/c18-12-1-6-15(16(19)11-12)17(23)21-7-9-22(10-8-21)26(24,25)14-4-2-13(20)3-5-14/h1-6,11H,7-10,20H2. The maximum absolute atomic E-state index is 12.7. The molecular weight excluding hydrogens is 397 g/mol. The number of rotatable bonds is 3. The summed E-state index contributed by atoms with van der Waals surface area (Å²) in [4.78, 5) is 14.4. The Labute approximate surface area is 162 Å². The molecule has 1 aliphatic rings. The van der Waals surface area contributed by atoms with Gasteiger partial charge < -0.3 is 10.6 Å². The highest BCUT2D eigenvalue weighted by Crippen LogP contribution is 2.24. The molecule has 2 aromatic carbocycles. The van der Waals surface area contributed by atoms with Crippen molar-refractivity contribution in [1.82, 2.24) is 9.21 Å². The summed E-state index contributed by atoms with van der Waals surface area (Å²) in [6.45, 7) is 0.991. The highest BCUT2D eigenvalue weighted by Gasteiger charge is 2.30. The van der Waals surface area contributed by atoms with Gasteiger partial charge in [-0.3, -0.25) is 4.79 Å². The van der Waals surface area contributed by atoms with E-state index in [0.717, 1.165) is 0 Å². The molecule has 138 valence electrons. The molecule has 1 saturated heterocycles. The largest absolute Gasteiger partial charge is 0.399 e. The van der Waals surface area contributed by atoms with E-state index in [1.807, 2.05) is 0 Å². The molecule has 0 radical (unpaired) electrons. The van der Waals surface area contributed by atoms with Crippen LogP contribution in [0.25, 0.3) is 0 Å². The van der Waals surface area contributed by atoms with Crippen LogP contribution < -0.4 is 5.73 Å². The molecule has 0 unspecified atom stereocenters. The number of amides is 1. The topological polar surface area (TPSA) is 83.7 Å². The van der Waals surface area contributed by atoms with Gasteiger partial charge in [-0.2, -0.15) is 4.31 Å². The molecule has 1 amide bonds. The fourth-order valence-corrected chi connectivity index (χ4v) is 4.67. The van der Waals surface area contributed by atoms with Crippen molar-refractivity contribution in [3.05, 3.63) is 58.1 Å². The summed E-state index contributed by atoms with van der Waals surface area (Å²) in [6.07, 6.45) is 0. The summed E-state index contributed by atoms with van der Waals surface area (Å²) in [7, 11) is -3.61. The second-order valence-electron chi connectivity index (χ2n) is 5.89. The van der Waals surface area contributed by atoms with Gasteiger partial charge in [0, 0.05) is 36.9 Å². The second-order valence-corrected chi connectivity index (χ2v) is 8.67. The van der Waals surface area contributed by atoms with E-state index in [-0.39, 0.29) is 42.0 Å². The fraction of sp³-hybridized carbons (Fsp3) is 0.235. The summed E-state index contributed by atoms with van der Waals surface area (Å²) in [5.74, 6) is -0.240. The van der Waals surface area contributed by atoms with Crippen molar-refractivity contribution in [1.29, 1.82) is 0 Å². The summed E-state index contributed by atoms with van der Waals surface area (Å²) in [5, 5.41) is 0.727. The molecule has 0 spiro atoms. The van der Waals surface area contributed by atoms with Gasteiger partial charge in [-0.25, -0.2) is 8.42 Å². The zero-order valence-corrected chi connectivity index (χ0v) is 16.1. The van der Waals surface area contributed by atoms with Gasteiger partial charge >= 0.3 is 0 Å². The van der Waals surface area contributed by atoms with Crippen LogP contribution in [0.2, 0.25) is 10.0 Å². The second kappa shape index (κ2) is 7.44. The van der Waals surface area contributed by atoms with Crippen molar-refractivity contribution in [3.8, 4) is 0 Å². The van der Waals surface area contributed by atoms with Crippen molar-refractivity contribution in [3.63, 3.8) is 0 Å². The molecule has 0 aliphatic carbocycles. The molecule has 0 bridgehead atoms. The number of carbonyl (C=O) groups is 1. The van der Waals surface area contributed by atoms with Gasteiger partial charge in [-0.1, -0.05) is 23.2 Å². The number of hydrogen-bond donors (Lipinski definition) is 1. The first kappa shape index (κ1) is 19.0. The average Bonchev–Trinajstić information content (AvgIpc) is 2.62. The van der Waals surface area contributed by atoms with Crippen molar-refractivity contribution in [2.24, 2.45) is 0 Å². The Morgan fingerprint density at radius 3 is 2.15 bits per heavy atom. The van der Waals surface area contributed by atoms with E-state index in [2.05, 4.69) is 0 Å². The van der Waals surface area contributed by atoms with Crippen LogP contribution in [-0.4, -0.2) is 49.7 Å². The predicted octanol–water partition coefficient (Wildman–Crippen LogP) is 2.72. The maximum atomic E-state index is 12.7. The van der Waals surface area contributed by atoms with Crippen molar-refractivity contribution >= 4 is 44.8 Å². The molecule has 6 nitrogen and oxygen atoms in total. The molecule has 26 heavy (non-hydrogen) atoms. The third-order valence-corrected chi connectivity index (χ3v) is 6.67. The Hall–Kier alpha value is -1.80. The van der Waals surface area contributed by atoms with Crippen LogP contribution in [-0.2, 0) is 10.0 Å². The highest BCUT2D eigenvalue weighted by atomic mass is 35.5. The Bertz CT molecular complexity index is 925. The first-order chi connectivity index (χ1) is 12.3. The number of halogens is 2. The zero-order chi connectivity index (χ0) is 18.9. The summed E-state index contributed by atoms with van der Waals surface area (Å²) >= 11 is 11.9. The Kier molecular flexibility index (Phi) is 5.43. The molecule has 1 heterocycles. The van der Waals surface area contributed by atoms with Gasteiger partial charge in [0.1, 0.15) is 0 Å². The third kappa shape index (κ3) is 3.81. The van der Waals surface area contributed by atoms with Crippen LogP contribution in [0.1, 0.15) is 10.4 Å². The molecule has 0 saturated carbocycles. The van der Waals surface area contributed by atoms with E-state index in [4.69, 9.17) is 28.9 Å². The van der Waals surface area contributed by atoms with Gasteiger partial charge in [-0.15, -0.1) is 0 Å². The maximum Gasteiger partial charge on any atom is 0.255 e. The normalized spacial score (nSPS) is 15.8. The molecule has 1 fully saturated rings. The lowest BCUT2D eigenvalue weighted by Crippen LogP contribution is -2.50. The number of carbonyl (C=O) groups excluding carboxylic acids is 1. The minimum Gasteiger partial charge on any atom is -0.399 e. The van der Waals surface area contributed by atoms with Crippen LogP contribution in [0, 0.1) is 0 Å². The lowest BCUT2D eigenvalue weighted by molar-refractivity contribution is 0.0698. The van der Waals surface area contributed by atoms with Crippen LogP contribution >= 0.6 is 23.2 Å². The number of sulfonamides is 1. The van der Waals surface area contributed by atoms with E-state index in [1.54, 1.807) is 29.2 Å². The number of nitrogens with two attached hydrogens (primary N) is 1. The van der Waals surface area contributed by atoms with Gasteiger partial charge in [0.15, 0.2) is 0 Å². The lowest BCUT2D eigenvalue weighted by Gasteiger charge is -2.34.